The number of benzene rings is 1. The van der Waals surface area contributed by atoms with Crippen LogP contribution in [0.15, 0.2) is 39.7 Å². The normalized spacial score (nSPS) is 10.2. The van der Waals surface area contributed by atoms with Crippen molar-refractivity contribution < 1.29 is 29.3 Å². The summed E-state index contributed by atoms with van der Waals surface area (Å²) < 4.78 is 9.66. The molecule has 104 valence electrons. The molecule has 0 unspecified atom stereocenters. The van der Waals surface area contributed by atoms with E-state index in [1.54, 1.807) is 0 Å². The number of para-hydroxylation sites is 1. The van der Waals surface area contributed by atoms with Crippen LogP contribution in [0.25, 0.3) is 0 Å². The molecule has 0 aliphatic rings. The molecule has 0 radical (unpaired) electrons. The van der Waals surface area contributed by atoms with Crippen molar-refractivity contribution in [1.29, 1.82) is 0 Å². The number of carbonyl (C=O) groups excluding carboxylic acids is 1. The molecule has 7 heteroatoms. The summed E-state index contributed by atoms with van der Waals surface area (Å²) in [7, 11) is 0. The predicted octanol–water partition coefficient (Wildman–Crippen LogP) is 1.11. The van der Waals surface area contributed by atoms with Gasteiger partial charge in [-0.1, -0.05) is 6.07 Å². The van der Waals surface area contributed by atoms with E-state index in [1.165, 1.54) is 18.2 Å². The lowest BCUT2D eigenvalue weighted by atomic mass is 10.2. The number of phenolic OH excluding ortho intramolecular Hbond substituents is 2. The summed E-state index contributed by atoms with van der Waals surface area (Å²) in [4.78, 5) is 22.8. The van der Waals surface area contributed by atoms with Gasteiger partial charge >= 0.3 is 5.97 Å². The Bertz CT molecular complexity index is 702. The van der Waals surface area contributed by atoms with Gasteiger partial charge in [0.1, 0.15) is 24.2 Å². The van der Waals surface area contributed by atoms with E-state index in [-0.39, 0.29) is 17.9 Å². The molecule has 1 heterocycles. The molecular formula is C13H10O7. The molecular weight excluding hydrogens is 268 g/mol. The number of phenols is 2. The quantitative estimate of drug-likeness (QED) is 0.568. The van der Waals surface area contributed by atoms with Crippen molar-refractivity contribution in [3.8, 4) is 17.2 Å². The van der Waals surface area contributed by atoms with Crippen molar-refractivity contribution in [3.63, 3.8) is 0 Å². The molecule has 0 spiro atoms. The van der Waals surface area contributed by atoms with Crippen LogP contribution in [0.4, 0.5) is 0 Å². The highest BCUT2D eigenvalue weighted by Gasteiger charge is 2.16. The zero-order valence-corrected chi connectivity index (χ0v) is 10.1. The largest absolute Gasteiger partial charge is 0.504 e. The molecule has 0 amide bonds. The second-order valence-corrected chi connectivity index (χ2v) is 3.85. The minimum atomic E-state index is -0.894. The first-order valence-electron chi connectivity index (χ1n) is 5.48. The second kappa shape index (κ2) is 5.35. The van der Waals surface area contributed by atoms with Crippen LogP contribution in [-0.2, 0) is 11.3 Å². The molecule has 0 aliphatic carbocycles. The fourth-order valence-electron chi connectivity index (χ4n) is 1.43. The molecule has 0 atom stereocenters. The molecule has 0 saturated carbocycles. The van der Waals surface area contributed by atoms with Crippen LogP contribution < -0.4 is 5.43 Å². The number of ether oxygens (including phenoxy) is 1. The number of hydrogen-bond acceptors (Lipinski definition) is 7. The minimum Gasteiger partial charge on any atom is -0.504 e. The van der Waals surface area contributed by atoms with Crippen molar-refractivity contribution in [3.05, 3.63) is 52.1 Å². The van der Waals surface area contributed by atoms with Gasteiger partial charge in [0.2, 0.25) is 5.43 Å². The third-order valence-electron chi connectivity index (χ3n) is 2.45. The van der Waals surface area contributed by atoms with Crippen LogP contribution in [0.2, 0.25) is 0 Å². The molecule has 0 aliphatic heterocycles. The maximum absolute atomic E-state index is 11.7. The third-order valence-corrected chi connectivity index (χ3v) is 2.45. The van der Waals surface area contributed by atoms with Crippen LogP contribution >= 0.6 is 0 Å². The maximum atomic E-state index is 11.7. The van der Waals surface area contributed by atoms with Crippen LogP contribution in [0.5, 0.6) is 17.2 Å². The van der Waals surface area contributed by atoms with Crippen molar-refractivity contribution >= 4 is 5.97 Å². The maximum Gasteiger partial charge on any atom is 0.342 e. The van der Waals surface area contributed by atoms with Gasteiger partial charge in [-0.15, -0.1) is 0 Å². The Morgan fingerprint density at radius 1 is 1.20 bits per heavy atom. The van der Waals surface area contributed by atoms with E-state index >= 15 is 0 Å². The number of aromatic hydroxyl groups is 3. The van der Waals surface area contributed by atoms with Gasteiger partial charge in [-0.05, 0) is 12.1 Å². The highest BCUT2D eigenvalue weighted by atomic mass is 16.5. The summed E-state index contributed by atoms with van der Waals surface area (Å²) in [5.41, 5.74) is -0.881. The zero-order valence-electron chi connectivity index (χ0n) is 10.1. The van der Waals surface area contributed by atoms with Gasteiger partial charge in [0.25, 0.3) is 0 Å². The molecule has 20 heavy (non-hydrogen) atoms. The monoisotopic (exact) mass is 278 g/mol. The van der Waals surface area contributed by atoms with Gasteiger partial charge in [0, 0.05) is 6.07 Å². The molecule has 0 fully saturated rings. The summed E-state index contributed by atoms with van der Waals surface area (Å²) in [6.45, 7) is -0.358. The lowest BCUT2D eigenvalue weighted by molar-refractivity contribution is 0.0438. The summed E-state index contributed by atoms with van der Waals surface area (Å²) in [5.74, 6) is -2.46. The molecule has 2 aromatic rings. The lowest BCUT2D eigenvalue weighted by Crippen LogP contribution is -2.07. The van der Waals surface area contributed by atoms with Gasteiger partial charge in [-0.25, -0.2) is 4.79 Å². The molecule has 2 rings (SSSR count). The molecule has 7 nitrogen and oxygen atoms in total. The highest BCUT2D eigenvalue weighted by Crippen LogP contribution is 2.28. The van der Waals surface area contributed by atoms with Gasteiger partial charge in [0.05, 0.1) is 0 Å². The summed E-state index contributed by atoms with van der Waals surface area (Å²) >= 11 is 0. The Morgan fingerprint density at radius 3 is 2.65 bits per heavy atom. The Hall–Kier alpha value is -2.96. The van der Waals surface area contributed by atoms with Crippen LogP contribution in [-0.4, -0.2) is 21.3 Å². The average molecular weight is 278 g/mol. The second-order valence-electron chi connectivity index (χ2n) is 3.85. The fourth-order valence-corrected chi connectivity index (χ4v) is 1.43. The molecule has 1 aromatic heterocycles. The van der Waals surface area contributed by atoms with Crippen molar-refractivity contribution in [1.82, 2.24) is 0 Å². The third kappa shape index (κ3) is 2.72. The first-order valence-corrected chi connectivity index (χ1v) is 5.48. The van der Waals surface area contributed by atoms with Gasteiger partial charge in [-0.2, -0.15) is 0 Å². The first kappa shape index (κ1) is 13.5. The Kier molecular flexibility index (Phi) is 3.60. The predicted molar refractivity (Wildman–Crippen MR) is 65.5 cm³/mol. The minimum absolute atomic E-state index is 0.0285. The first-order chi connectivity index (χ1) is 9.49. The Morgan fingerprint density at radius 2 is 1.95 bits per heavy atom. The molecule has 0 bridgehead atoms. The number of rotatable bonds is 3. The summed E-state index contributed by atoms with van der Waals surface area (Å²) in [6.07, 6.45) is 0.831. The van der Waals surface area contributed by atoms with Gasteiger partial charge in [0.15, 0.2) is 17.2 Å². The zero-order chi connectivity index (χ0) is 14.7. The standard InChI is InChI=1S/C13H10O7/c14-9-3-1-2-8(12(9)17)13(18)20-5-7-4-10(15)11(16)6-19-7/h1-4,6,14,16-17H,5H2. The Balaban J connectivity index is 2.10. The van der Waals surface area contributed by atoms with E-state index in [9.17, 15) is 19.8 Å². The van der Waals surface area contributed by atoms with E-state index in [0.717, 1.165) is 12.3 Å². The highest BCUT2D eigenvalue weighted by molar-refractivity contribution is 5.93. The number of hydrogen-bond donors (Lipinski definition) is 3. The van der Waals surface area contributed by atoms with E-state index < -0.39 is 28.6 Å². The van der Waals surface area contributed by atoms with Crippen molar-refractivity contribution in [2.75, 3.05) is 0 Å². The Labute approximate surface area is 112 Å². The van der Waals surface area contributed by atoms with E-state index in [4.69, 9.17) is 14.3 Å². The fraction of sp³-hybridized carbons (Fsp3) is 0.0769. The SMILES string of the molecule is O=C(OCc1cc(=O)c(O)co1)c1cccc(O)c1O. The van der Waals surface area contributed by atoms with Gasteiger partial charge < -0.3 is 24.5 Å². The van der Waals surface area contributed by atoms with Crippen molar-refractivity contribution in [2.24, 2.45) is 0 Å². The molecule has 3 N–H and O–H groups in total. The summed E-state index contributed by atoms with van der Waals surface area (Å²) in [5, 5.41) is 27.7. The van der Waals surface area contributed by atoms with Crippen LogP contribution in [0.1, 0.15) is 16.1 Å². The average Bonchev–Trinajstić information content (AvgIpc) is 2.43. The topological polar surface area (TPSA) is 117 Å². The molecule has 1 aromatic carbocycles. The van der Waals surface area contributed by atoms with Crippen molar-refractivity contribution in [2.45, 2.75) is 6.61 Å². The molecule has 0 saturated heterocycles. The number of carbonyl (C=O) groups is 1. The smallest absolute Gasteiger partial charge is 0.342 e. The van der Waals surface area contributed by atoms with Crippen LogP contribution in [0, 0.1) is 0 Å². The van der Waals surface area contributed by atoms with Crippen LogP contribution in [0.3, 0.4) is 0 Å². The lowest BCUT2D eigenvalue weighted by Gasteiger charge is -2.06. The number of esters is 1. The van der Waals surface area contributed by atoms with E-state index in [0.29, 0.717) is 0 Å². The van der Waals surface area contributed by atoms with E-state index in [2.05, 4.69) is 0 Å². The van der Waals surface area contributed by atoms with Gasteiger partial charge in [-0.3, -0.25) is 4.79 Å². The van der Waals surface area contributed by atoms with E-state index in [1.807, 2.05) is 0 Å². The summed E-state index contributed by atoms with van der Waals surface area (Å²) in [6, 6.07) is 4.83.